The van der Waals surface area contributed by atoms with E-state index in [9.17, 15) is 14.4 Å². The molecule has 1 aliphatic rings. The quantitative estimate of drug-likeness (QED) is 0.655. The van der Waals surface area contributed by atoms with E-state index in [1.54, 1.807) is 31.7 Å². The summed E-state index contributed by atoms with van der Waals surface area (Å²) in [6.45, 7) is 2.91. The van der Waals surface area contributed by atoms with Crippen molar-refractivity contribution in [3.05, 3.63) is 24.3 Å². The van der Waals surface area contributed by atoms with Gasteiger partial charge in [-0.3, -0.25) is 14.5 Å². The minimum atomic E-state index is -0.962. The maximum atomic E-state index is 12.0. The number of hydrogen-bond acceptors (Lipinski definition) is 4. The lowest BCUT2D eigenvalue weighted by Gasteiger charge is -2.15. The third-order valence-corrected chi connectivity index (χ3v) is 3.82. The minimum Gasteiger partial charge on any atom is -0.324 e. The van der Waals surface area contributed by atoms with Gasteiger partial charge in [-0.15, -0.1) is 11.8 Å². The molecular formula is C14H17N3O3S. The van der Waals surface area contributed by atoms with Crippen LogP contribution in [-0.4, -0.2) is 41.1 Å². The van der Waals surface area contributed by atoms with Gasteiger partial charge in [0, 0.05) is 10.6 Å². The first-order chi connectivity index (χ1) is 9.83. The lowest BCUT2D eigenvalue weighted by atomic mass is 10.1. The topological polar surface area (TPSA) is 78.5 Å². The van der Waals surface area contributed by atoms with Crippen LogP contribution in [0.4, 0.5) is 10.5 Å². The number of anilines is 1. The van der Waals surface area contributed by atoms with Crippen molar-refractivity contribution in [3.63, 3.8) is 0 Å². The van der Waals surface area contributed by atoms with Crippen molar-refractivity contribution in [1.82, 2.24) is 10.2 Å². The van der Waals surface area contributed by atoms with E-state index in [1.807, 2.05) is 24.5 Å². The van der Waals surface area contributed by atoms with Crippen molar-refractivity contribution in [2.24, 2.45) is 0 Å². The standard InChI is InChI=1S/C14H17N3O3S/c1-14(2)12(19)17(13(20)16-14)8-11(18)15-9-5-4-6-10(7-9)21-3/h4-7H,8H2,1-3H3,(H,15,18)(H,16,20). The average Bonchev–Trinajstić information content (AvgIpc) is 2.61. The molecule has 1 saturated heterocycles. The molecular weight excluding hydrogens is 290 g/mol. The zero-order valence-electron chi connectivity index (χ0n) is 12.1. The number of thioether (sulfide) groups is 1. The van der Waals surface area contributed by atoms with Crippen molar-refractivity contribution in [2.75, 3.05) is 18.1 Å². The number of carbonyl (C=O) groups excluding carboxylic acids is 3. The Bertz CT molecular complexity index is 601. The van der Waals surface area contributed by atoms with Crippen LogP contribution in [0, 0.1) is 0 Å². The maximum Gasteiger partial charge on any atom is 0.325 e. The van der Waals surface area contributed by atoms with E-state index in [4.69, 9.17) is 0 Å². The monoisotopic (exact) mass is 307 g/mol. The van der Waals surface area contributed by atoms with Crippen LogP contribution in [0.5, 0.6) is 0 Å². The Morgan fingerprint density at radius 1 is 1.38 bits per heavy atom. The van der Waals surface area contributed by atoms with Crippen LogP contribution in [0.2, 0.25) is 0 Å². The first kappa shape index (κ1) is 15.4. The first-order valence-electron chi connectivity index (χ1n) is 6.41. The van der Waals surface area contributed by atoms with Crippen LogP contribution in [0.25, 0.3) is 0 Å². The fraction of sp³-hybridized carbons (Fsp3) is 0.357. The Morgan fingerprint density at radius 2 is 2.10 bits per heavy atom. The van der Waals surface area contributed by atoms with Crippen LogP contribution in [0.3, 0.4) is 0 Å². The Balaban J connectivity index is 2.02. The Kier molecular flexibility index (Phi) is 4.22. The second-order valence-corrected chi connectivity index (χ2v) is 6.11. The molecule has 0 radical (unpaired) electrons. The fourth-order valence-corrected chi connectivity index (χ4v) is 2.47. The van der Waals surface area contributed by atoms with Crippen molar-refractivity contribution in [2.45, 2.75) is 24.3 Å². The molecule has 0 unspecified atom stereocenters. The normalized spacial score (nSPS) is 16.8. The van der Waals surface area contributed by atoms with Gasteiger partial charge in [0.15, 0.2) is 0 Å². The third kappa shape index (κ3) is 3.36. The van der Waals surface area contributed by atoms with Gasteiger partial charge in [-0.05, 0) is 38.3 Å². The summed E-state index contributed by atoms with van der Waals surface area (Å²) in [6.07, 6.45) is 1.94. The van der Waals surface area contributed by atoms with Crippen LogP contribution < -0.4 is 10.6 Å². The lowest BCUT2D eigenvalue weighted by molar-refractivity contribution is -0.132. The Hall–Kier alpha value is -2.02. The highest BCUT2D eigenvalue weighted by Crippen LogP contribution is 2.20. The smallest absolute Gasteiger partial charge is 0.324 e. The lowest BCUT2D eigenvalue weighted by Crippen LogP contribution is -2.41. The van der Waals surface area contributed by atoms with Crippen LogP contribution in [-0.2, 0) is 9.59 Å². The number of amides is 4. The number of carbonyl (C=O) groups is 3. The van der Waals surface area contributed by atoms with Gasteiger partial charge in [-0.1, -0.05) is 6.07 Å². The van der Waals surface area contributed by atoms with E-state index in [-0.39, 0.29) is 6.54 Å². The summed E-state index contributed by atoms with van der Waals surface area (Å²) in [5, 5.41) is 5.22. The number of benzene rings is 1. The van der Waals surface area contributed by atoms with E-state index in [0.717, 1.165) is 9.80 Å². The summed E-state index contributed by atoms with van der Waals surface area (Å²) in [5.74, 6) is -0.810. The molecule has 21 heavy (non-hydrogen) atoms. The van der Waals surface area contributed by atoms with Gasteiger partial charge in [0.05, 0.1) is 0 Å². The van der Waals surface area contributed by atoms with Crippen LogP contribution in [0.15, 0.2) is 29.2 Å². The van der Waals surface area contributed by atoms with Gasteiger partial charge < -0.3 is 10.6 Å². The molecule has 0 aromatic heterocycles. The summed E-state index contributed by atoms with van der Waals surface area (Å²) >= 11 is 1.56. The summed E-state index contributed by atoms with van der Waals surface area (Å²) < 4.78 is 0. The first-order valence-corrected chi connectivity index (χ1v) is 7.64. The Labute approximate surface area is 127 Å². The second-order valence-electron chi connectivity index (χ2n) is 5.23. The molecule has 1 aromatic carbocycles. The van der Waals surface area contributed by atoms with Crippen molar-refractivity contribution < 1.29 is 14.4 Å². The molecule has 1 heterocycles. The molecule has 0 aliphatic carbocycles. The largest absolute Gasteiger partial charge is 0.325 e. The number of imide groups is 1. The van der Waals surface area contributed by atoms with Crippen molar-refractivity contribution >= 4 is 35.3 Å². The minimum absolute atomic E-state index is 0.294. The van der Waals surface area contributed by atoms with Crippen molar-refractivity contribution in [1.29, 1.82) is 0 Å². The molecule has 1 aliphatic heterocycles. The molecule has 0 atom stereocenters. The number of urea groups is 1. The molecule has 0 saturated carbocycles. The van der Waals surface area contributed by atoms with E-state index >= 15 is 0 Å². The number of nitrogens with zero attached hydrogens (tertiary/aromatic N) is 1. The maximum absolute atomic E-state index is 12.0. The molecule has 0 spiro atoms. The SMILES string of the molecule is CSc1cccc(NC(=O)CN2C(=O)NC(C)(C)C2=O)c1. The van der Waals surface area contributed by atoms with Gasteiger partial charge in [0.25, 0.3) is 5.91 Å². The van der Waals surface area contributed by atoms with Gasteiger partial charge in [0.2, 0.25) is 5.91 Å². The molecule has 6 nitrogen and oxygen atoms in total. The molecule has 7 heteroatoms. The average molecular weight is 307 g/mol. The highest BCUT2D eigenvalue weighted by molar-refractivity contribution is 7.98. The molecule has 0 bridgehead atoms. The predicted octanol–water partition coefficient (Wildman–Crippen LogP) is 1.68. The summed E-state index contributed by atoms with van der Waals surface area (Å²) in [7, 11) is 0. The fourth-order valence-electron chi connectivity index (χ4n) is 2.01. The number of nitrogens with one attached hydrogen (secondary N) is 2. The predicted molar refractivity (Wildman–Crippen MR) is 81.2 cm³/mol. The van der Waals surface area contributed by atoms with E-state index in [1.165, 1.54) is 0 Å². The molecule has 1 aromatic rings. The summed E-state index contributed by atoms with van der Waals surface area (Å²) in [6, 6.07) is 6.81. The molecule has 2 rings (SSSR count). The number of rotatable bonds is 4. The van der Waals surface area contributed by atoms with Gasteiger partial charge in [-0.25, -0.2) is 4.79 Å². The zero-order chi connectivity index (χ0) is 15.6. The summed E-state index contributed by atoms with van der Waals surface area (Å²) in [5.41, 5.74) is -0.325. The molecule has 4 amide bonds. The highest BCUT2D eigenvalue weighted by atomic mass is 32.2. The number of hydrogen-bond donors (Lipinski definition) is 2. The van der Waals surface area contributed by atoms with Gasteiger partial charge in [-0.2, -0.15) is 0 Å². The second kappa shape index (κ2) is 5.77. The zero-order valence-corrected chi connectivity index (χ0v) is 12.9. The van der Waals surface area contributed by atoms with Crippen molar-refractivity contribution in [3.8, 4) is 0 Å². The van der Waals surface area contributed by atoms with Crippen LogP contribution >= 0.6 is 11.8 Å². The van der Waals surface area contributed by atoms with Crippen LogP contribution in [0.1, 0.15) is 13.8 Å². The van der Waals surface area contributed by atoms with E-state index in [2.05, 4.69) is 10.6 Å². The molecule has 1 fully saturated rings. The van der Waals surface area contributed by atoms with Gasteiger partial charge in [0.1, 0.15) is 12.1 Å². The molecule has 2 N–H and O–H groups in total. The highest BCUT2D eigenvalue weighted by Gasteiger charge is 2.44. The summed E-state index contributed by atoms with van der Waals surface area (Å²) in [4.78, 5) is 37.6. The van der Waals surface area contributed by atoms with Gasteiger partial charge >= 0.3 is 6.03 Å². The third-order valence-electron chi connectivity index (χ3n) is 3.10. The molecule has 112 valence electrons. The van der Waals surface area contributed by atoms with E-state index in [0.29, 0.717) is 5.69 Å². The Morgan fingerprint density at radius 3 is 2.67 bits per heavy atom. The van der Waals surface area contributed by atoms with E-state index < -0.39 is 23.4 Å².